The van der Waals surface area contributed by atoms with Gasteiger partial charge in [0.2, 0.25) is 0 Å². The van der Waals surface area contributed by atoms with Gasteiger partial charge < -0.3 is 14.5 Å². The quantitative estimate of drug-likeness (QED) is 0.589. The van der Waals surface area contributed by atoms with Crippen molar-refractivity contribution in [1.82, 2.24) is 4.98 Å². The normalized spacial score (nSPS) is 10.5. The molecule has 0 fully saturated rings. The lowest BCUT2D eigenvalue weighted by atomic mass is 10.2. The van der Waals surface area contributed by atoms with E-state index >= 15 is 0 Å². The number of methoxy groups -OCH3 is 1. The molecular weight excluding hydrogens is 320 g/mol. The first-order chi connectivity index (χ1) is 11.1. The van der Waals surface area contributed by atoms with E-state index < -0.39 is 11.5 Å². The Morgan fingerprint density at radius 3 is 2.87 bits per heavy atom. The SMILES string of the molecule is COc1cccc2cc(NC(=O)c3cccnc3Cl)c(=O)oc12. The van der Waals surface area contributed by atoms with Crippen molar-refractivity contribution in [1.29, 1.82) is 0 Å². The molecule has 0 aliphatic rings. The Bertz CT molecular complexity index is 952. The second-order valence-corrected chi connectivity index (χ2v) is 4.98. The van der Waals surface area contributed by atoms with E-state index in [-0.39, 0.29) is 16.4 Å². The van der Waals surface area contributed by atoms with E-state index in [2.05, 4.69) is 10.3 Å². The van der Waals surface area contributed by atoms with Crippen LogP contribution in [0, 0.1) is 0 Å². The molecule has 1 N–H and O–H groups in total. The number of benzene rings is 1. The highest BCUT2D eigenvalue weighted by Crippen LogP contribution is 2.25. The van der Waals surface area contributed by atoms with Gasteiger partial charge in [0.1, 0.15) is 10.8 Å². The Balaban J connectivity index is 2.01. The number of fused-ring (bicyclic) bond motifs is 1. The molecular formula is C16H11ClN2O4. The standard InChI is InChI=1S/C16H11ClN2O4/c1-22-12-6-2-4-9-8-11(16(21)23-13(9)12)19-15(20)10-5-3-7-18-14(10)17/h2-8H,1H3,(H,19,20). The fraction of sp³-hybridized carbons (Fsp3) is 0.0625. The molecule has 0 atom stereocenters. The maximum Gasteiger partial charge on any atom is 0.360 e. The zero-order valence-electron chi connectivity index (χ0n) is 12.0. The summed E-state index contributed by atoms with van der Waals surface area (Å²) in [6.07, 6.45) is 1.47. The largest absolute Gasteiger partial charge is 0.493 e. The minimum atomic E-state index is -0.685. The van der Waals surface area contributed by atoms with E-state index in [1.54, 1.807) is 24.3 Å². The van der Waals surface area contributed by atoms with Crippen LogP contribution in [0.1, 0.15) is 10.4 Å². The Labute approximate surface area is 135 Å². The number of hydrogen-bond acceptors (Lipinski definition) is 5. The van der Waals surface area contributed by atoms with Gasteiger partial charge in [-0.15, -0.1) is 0 Å². The lowest BCUT2D eigenvalue weighted by Crippen LogP contribution is -2.18. The molecule has 1 amide bonds. The number of anilines is 1. The minimum Gasteiger partial charge on any atom is -0.493 e. The highest BCUT2D eigenvalue weighted by atomic mass is 35.5. The first kappa shape index (κ1) is 15.1. The Morgan fingerprint density at radius 2 is 2.13 bits per heavy atom. The molecule has 116 valence electrons. The van der Waals surface area contributed by atoms with Crippen LogP contribution in [0.4, 0.5) is 5.69 Å². The van der Waals surface area contributed by atoms with Crippen molar-refractivity contribution in [3.63, 3.8) is 0 Å². The molecule has 3 rings (SSSR count). The van der Waals surface area contributed by atoms with Crippen molar-refractivity contribution in [2.75, 3.05) is 12.4 Å². The highest BCUT2D eigenvalue weighted by molar-refractivity contribution is 6.33. The van der Waals surface area contributed by atoms with Crippen molar-refractivity contribution in [3.8, 4) is 5.75 Å². The summed E-state index contributed by atoms with van der Waals surface area (Å²) in [5, 5.41) is 3.16. The minimum absolute atomic E-state index is 0.00988. The van der Waals surface area contributed by atoms with Gasteiger partial charge >= 0.3 is 5.63 Å². The molecule has 1 aromatic carbocycles. The van der Waals surface area contributed by atoms with Crippen LogP contribution >= 0.6 is 11.6 Å². The van der Waals surface area contributed by atoms with Gasteiger partial charge in [0.05, 0.1) is 12.7 Å². The van der Waals surface area contributed by atoms with Gasteiger partial charge in [-0.2, -0.15) is 0 Å². The number of pyridine rings is 1. The van der Waals surface area contributed by atoms with Crippen molar-refractivity contribution < 1.29 is 13.9 Å². The summed E-state index contributed by atoms with van der Waals surface area (Å²) in [5.74, 6) is -0.106. The third-order valence-corrected chi connectivity index (χ3v) is 3.50. The molecule has 0 aliphatic carbocycles. The van der Waals surface area contributed by atoms with Crippen molar-refractivity contribution in [2.45, 2.75) is 0 Å². The van der Waals surface area contributed by atoms with Crippen LogP contribution in [0.15, 0.2) is 51.8 Å². The molecule has 0 saturated heterocycles. The number of nitrogens with one attached hydrogen (secondary N) is 1. The summed E-state index contributed by atoms with van der Waals surface area (Å²) in [6, 6.07) is 9.79. The van der Waals surface area contributed by atoms with Gasteiger partial charge in [-0.25, -0.2) is 9.78 Å². The Morgan fingerprint density at radius 1 is 1.30 bits per heavy atom. The maximum atomic E-state index is 12.2. The lowest BCUT2D eigenvalue weighted by Gasteiger charge is -2.07. The van der Waals surface area contributed by atoms with Gasteiger partial charge in [-0.1, -0.05) is 23.7 Å². The number of para-hydroxylation sites is 1. The Hall–Kier alpha value is -2.86. The molecule has 0 unspecified atom stereocenters. The third kappa shape index (κ3) is 2.89. The van der Waals surface area contributed by atoms with Gasteiger partial charge in [-0.05, 0) is 24.3 Å². The predicted molar refractivity (Wildman–Crippen MR) is 86.2 cm³/mol. The number of rotatable bonds is 3. The molecule has 0 bridgehead atoms. The van der Waals surface area contributed by atoms with Crippen LogP contribution in [0.3, 0.4) is 0 Å². The average Bonchev–Trinajstić information content (AvgIpc) is 2.55. The Kier molecular flexibility index (Phi) is 3.99. The topological polar surface area (TPSA) is 81.4 Å². The van der Waals surface area contributed by atoms with Gasteiger partial charge in [0.15, 0.2) is 11.3 Å². The molecule has 2 heterocycles. The van der Waals surface area contributed by atoms with E-state index in [0.717, 1.165) is 0 Å². The van der Waals surface area contributed by atoms with Crippen LogP contribution in [0.25, 0.3) is 11.0 Å². The third-order valence-electron chi connectivity index (χ3n) is 3.20. The fourth-order valence-electron chi connectivity index (χ4n) is 2.11. The van der Waals surface area contributed by atoms with Gasteiger partial charge in [0.25, 0.3) is 5.91 Å². The van der Waals surface area contributed by atoms with Crippen molar-refractivity contribution in [3.05, 3.63) is 63.7 Å². The van der Waals surface area contributed by atoms with Crippen molar-refractivity contribution in [2.24, 2.45) is 0 Å². The molecule has 0 saturated carbocycles. The molecule has 2 aromatic heterocycles. The number of nitrogens with zero attached hydrogens (tertiary/aromatic N) is 1. The van der Waals surface area contributed by atoms with Crippen LogP contribution in [0.5, 0.6) is 5.75 Å². The van der Waals surface area contributed by atoms with E-state index in [1.807, 2.05) is 0 Å². The maximum absolute atomic E-state index is 12.2. The zero-order valence-corrected chi connectivity index (χ0v) is 12.8. The molecule has 3 aromatic rings. The van der Waals surface area contributed by atoms with Gasteiger partial charge in [0, 0.05) is 11.6 Å². The predicted octanol–water partition coefficient (Wildman–Crippen LogP) is 3.10. The first-order valence-corrected chi connectivity index (χ1v) is 7.00. The molecule has 7 heteroatoms. The summed E-state index contributed by atoms with van der Waals surface area (Å²) in [4.78, 5) is 28.1. The number of ether oxygens (including phenoxy) is 1. The van der Waals surface area contributed by atoms with Crippen LogP contribution in [-0.2, 0) is 0 Å². The van der Waals surface area contributed by atoms with E-state index in [4.69, 9.17) is 20.8 Å². The van der Waals surface area contributed by atoms with E-state index in [0.29, 0.717) is 16.7 Å². The number of aromatic nitrogens is 1. The van der Waals surface area contributed by atoms with Crippen LogP contribution in [0.2, 0.25) is 5.15 Å². The second kappa shape index (κ2) is 6.10. The molecule has 0 aliphatic heterocycles. The highest BCUT2D eigenvalue weighted by Gasteiger charge is 2.15. The van der Waals surface area contributed by atoms with E-state index in [1.165, 1.54) is 25.4 Å². The molecule has 6 nitrogen and oxygen atoms in total. The summed E-state index contributed by atoms with van der Waals surface area (Å²) >= 11 is 5.87. The smallest absolute Gasteiger partial charge is 0.360 e. The average molecular weight is 331 g/mol. The number of carbonyl (C=O) groups excluding carboxylic acids is 1. The number of hydrogen-bond donors (Lipinski definition) is 1. The molecule has 23 heavy (non-hydrogen) atoms. The van der Waals surface area contributed by atoms with E-state index in [9.17, 15) is 9.59 Å². The summed E-state index contributed by atoms with van der Waals surface area (Å²) < 4.78 is 10.4. The van der Waals surface area contributed by atoms with Crippen molar-refractivity contribution >= 4 is 34.2 Å². The summed E-state index contributed by atoms with van der Waals surface area (Å²) in [5.41, 5.74) is -0.192. The number of amides is 1. The summed E-state index contributed by atoms with van der Waals surface area (Å²) in [6.45, 7) is 0. The molecule has 0 radical (unpaired) electrons. The van der Waals surface area contributed by atoms with Crippen LogP contribution < -0.4 is 15.7 Å². The monoisotopic (exact) mass is 330 g/mol. The number of carbonyl (C=O) groups is 1. The number of halogens is 1. The first-order valence-electron chi connectivity index (χ1n) is 6.63. The zero-order chi connectivity index (χ0) is 16.4. The summed E-state index contributed by atoms with van der Waals surface area (Å²) in [7, 11) is 1.48. The second-order valence-electron chi connectivity index (χ2n) is 4.62. The lowest BCUT2D eigenvalue weighted by molar-refractivity contribution is 0.102. The van der Waals surface area contributed by atoms with Crippen LogP contribution in [-0.4, -0.2) is 18.0 Å². The fourth-order valence-corrected chi connectivity index (χ4v) is 2.32. The van der Waals surface area contributed by atoms with Gasteiger partial charge in [-0.3, -0.25) is 4.79 Å². The molecule has 0 spiro atoms.